The first kappa shape index (κ1) is 13.2. The number of rotatable bonds is 4. The zero-order chi connectivity index (χ0) is 13.8. The van der Waals surface area contributed by atoms with E-state index >= 15 is 0 Å². The van der Waals surface area contributed by atoms with Crippen LogP contribution < -0.4 is 0 Å². The number of hydrogen-bond donors (Lipinski definition) is 1. The number of aromatic hydroxyl groups is 1. The smallest absolute Gasteiger partial charge is 0.141 e. The molecule has 0 amide bonds. The van der Waals surface area contributed by atoms with E-state index < -0.39 is 11.6 Å². The maximum atomic E-state index is 13.0. The Balaban J connectivity index is 2.05. The highest BCUT2D eigenvalue weighted by atomic mass is 19.1. The van der Waals surface area contributed by atoms with E-state index in [4.69, 9.17) is 0 Å². The van der Waals surface area contributed by atoms with Gasteiger partial charge in [-0.3, -0.25) is 4.79 Å². The molecule has 0 bridgehead atoms. The van der Waals surface area contributed by atoms with E-state index in [2.05, 4.69) is 0 Å². The van der Waals surface area contributed by atoms with E-state index in [1.54, 1.807) is 12.1 Å². The molecule has 1 N–H and O–H groups in total. The quantitative estimate of drug-likeness (QED) is 0.919. The second-order valence-corrected chi connectivity index (χ2v) is 4.34. The average molecular weight is 262 g/mol. The van der Waals surface area contributed by atoms with Crippen LogP contribution in [0.5, 0.6) is 5.75 Å². The van der Waals surface area contributed by atoms with Gasteiger partial charge in [0.15, 0.2) is 0 Å². The number of hydrogen-bond acceptors (Lipinski definition) is 2. The van der Waals surface area contributed by atoms with Gasteiger partial charge in [-0.2, -0.15) is 0 Å². The van der Waals surface area contributed by atoms with Crippen molar-refractivity contribution in [3.63, 3.8) is 0 Å². The lowest BCUT2D eigenvalue weighted by atomic mass is 10.0. The summed E-state index contributed by atoms with van der Waals surface area (Å²) in [5.74, 6) is -1.47. The van der Waals surface area contributed by atoms with Gasteiger partial charge in [0.05, 0.1) is 0 Å². The average Bonchev–Trinajstić information content (AvgIpc) is 2.26. The van der Waals surface area contributed by atoms with Gasteiger partial charge < -0.3 is 5.11 Å². The number of ketones is 1. The third kappa shape index (κ3) is 3.88. The predicted octanol–water partition coefficient (Wildman–Crippen LogP) is 3.02. The number of benzene rings is 2. The Morgan fingerprint density at radius 3 is 2.21 bits per heavy atom. The summed E-state index contributed by atoms with van der Waals surface area (Å²) in [5.41, 5.74) is 0.976. The van der Waals surface area contributed by atoms with Crippen LogP contribution in [0.25, 0.3) is 0 Å². The third-order valence-electron chi connectivity index (χ3n) is 2.64. The summed E-state index contributed by atoms with van der Waals surface area (Å²) in [6, 6.07) is 9.40. The molecule has 2 aromatic carbocycles. The van der Waals surface area contributed by atoms with Crippen molar-refractivity contribution in [1.82, 2.24) is 0 Å². The number of Topliss-reactive ketones (excluding diaryl/α,β-unsaturated/α-hetero) is 1. The molecule has 0 atom stereocenters. The van der Waals surface area contributed by atoms with Gasteiger partial charge in [-0.05, 0) is 35.4 Å². The Kier molecular flexibility index (Phi) is 3.90. The first-order valence-corrected chi connectivity index (χ1v) is 5.77. The molecule has 0 unspecified atom stereocenters. The molecule has 2 nitrogen and oxygen atoms in total. The normalized spacial score (nSPS) is 10.4. The van der Waals surface area contributed by atoms with Crippen LogP contribution >= 0.6 is 0 Å². The van der Waals surface area contributed by atoms with Crippen molar-refractivity contribution in [2.75, 3.05) is 0 Å². The van der Waals surface area contributed by atoms with E-state index in [0.29, 0.717) is 11.1 Å². The monoisotopic (exact) mass is 262 g/mol. The van der Waals surface area contributed by atoms with Gasteiger partial charge in [0.25, 0.3) is 0 Å². The minimum Gasteiger partial charge on any atom is -0.508 e. The van der Waals surface area contributed by atoms with E-state index in [-0.39, 0.29) is 24.4 Å². The van der Waals surface area contributed by atoms with E-state index in [1.165, 1.54) is 12.1 Å². The summed E-state index contributed by atoms with van der Waals surface area (Å²) >= 11 is 0. The molecule has 0 aromatic heterocycles. The van der Waals surface area contributed by atoms with Crippen molar-refractivity contribution in [3.05, 3.63) is 65.2 Å². The van der Waals surface area contributed by atoms with Gasteiger partial charge >= 0.3 is 0 Å². The van der Waals surface area contributed by atoms with Crippen molar-refractivity contribution in [2.24, 2.45) is 0 Å². The van der Waals surface area contributed by atoms with Crippen molar-refractivity contribution in [2.45, 2.75) is 12.8 Å². The molecule has 0 aliphatic rings. The molecule has 4 heteroatoms. The van der Waals surface area contributed by atoms with Crippen LogP contribution in [0.4, 0.5) is 8.78 Å². The molecule has 0 aliphatic carbocycles. The summed E-state index contributed by atoms with van der Waals surface area (Å²) in [6.07, 6.45) is 0.0802. The third-order valence-corrected chi connectivity index (χ3v) is 2.64. The zero-order valence-corrected chi connectivity index (χ0v) is 10.1. The van der Waals surface area contributed by atoms with Gasteiger partial charge in [-0.1, -0.05) is 12.1 Å². The minimum absolute atomic E-state index is 0.0374. The molecule has 0 fully saturated rings. The Hall–Kier alpha value is -2.23. The SMILES string of the molecule is O=C(Cc1cccc(O)c1)Cc1cc(F)cc(F)c1. The Morgan fingerprint density at radius 1 is 0.947 bits per heavy atom. The Morgan fingerprint density at radius 2 is 1.58 bits per heavy atom. The van der Waals surface area contributed by atoms with E-state index in [9.17, 15) is 18.7 Å². The van der Waals surface area contributed by atoms with Gasteiger partial charge in [-0.25, -0.2) is 8.78 Å². The fourth-order valence-electron chi connectivity index (χ4n) is 1.90. The fourth-order valence-corrected chi connectivity index (χ4v) is 1.90. The molecule has 2 aromatic rings. The summed E-state index contributed by atoms with van der Waals surface area (Å²) < 4.78 is 25.9. The highest BCUT2D eigenvalue weighted by Gasteiger charge is 2.08. The first-order valence-electron chi connectivity index (χ1n) is 5.77. The van der Waals surface area contributed by atoms with Crippen molar-refractivity contribution < 1.29 is 18.7 Å². The minimum atomic E-state index is -0.694. The highest BCUT2D eigenvalue weighted by molar-refractivity contribution is 5.83. The largest absolute Gasteiger partial charge is 0.508 e. The van der Waals surface area contributed by atoms with Crippen LogP contribution in [0.1, 0.15) is 11.1 Å². The number of halogens is 2. The topological polar surface area (TPSA) is 37.3 Å². The van der Waals surface area contributed by atoms with E-state index in [0.717, 1.165) is 18.2 Å². The molecule has 0 saturated heterocycles. The standard InChI is InChI=1S/C15H12F2O2/c16-12-4-11(5-13(17)9-12)8-15(19)7-10-2-1-3-14(18)6-10/h1-6,9,18H,7-8H2. The highest BCUT2D eigenvalue weighted by Crippen LogP contribution is 2.14. The molecule has 19 heavy (non-hydrogen) atoms. The van der Waals surface area contributed by atoms with Crippen LogP contribution in [0.3, 0.4) is 0 Å². The summed E-state index contributed by atoms with van der Waals surface area (Å²) in [7, 11) is 0. The van der Waals surface area contributed by atoms with Crippen LogP contribution in [-0.2, 0) is 17.6 Å². The fraction of sp³-hybridized carbons (Fsp3) is 0.133. The van der Waals surface area contributed by atoms with Crippen LogP contribution in [0, 0.1) is 11.6 Å². The summed E-state index contributed by atoms with van der Waals surface area (Å²) in [6.45, 7) is 0. The molecule has 0 aliphatic heterocycles. The van der Waals surface area contributed by atoms with Crippen molar-refractivity contribution >= 4 is 5.78 Å². The molecular formula is C15H12F2O2. The maximum absolute atomic E-state index is 13.0. The Labute approximate surface area is 109 Å². The molecular weight excluding hydrogens is 250 g/mol. The van der Waals surface area contributed by atoms with Crippen molar-refractivity contribution in [1.29, 1.82) is 0 Å². The lowest BCUT2D eigenvalue weighted by Gasteiger charge is -2.03. The molecule has 98 valence electrons. The molecule has 0 radical (unpaired) electrons. The number of phenols is 1. The predicted molar refractivity (Wildman–Crippen MR) is 66.9 cm³/mol. The van der Waals surface area contributed by atoms with Crippen molar-refractivity contribution in [3.8, 4) is 5.75 Å². The number of phenolic OH excluding ortho intramolecular Hbond substituents is 1. The van der Waals surface area contributed by atoms with Crippen LogP contribution in [0.2, 0.25) is 0 Å². The van der Waals surface area contributed by atoms with Gasteiger partial charge in [0, 0.05) is 18.9 Å². The molecule has 0 saturated carbocycles. The second-order valence-electron chi connectivity index (χ2n) is 4.34. The lowest BCUT2D eigenvalue weighted by molar-refractivity contribution is -0.117. The molecule has 0 heterocycles. The lowest BCUT2D eigenvalue weighted by Crippen LogP contribution is -2.07. The summed E-state index contributed by atoms with van der Waals surface area (Å²) in [5, 5.41) is 9.28. The van der Waals surface area contributed by atoms with E-state index in [1.807, 2.05) is 0 Å². The van der Waals surface area contributed by atoms with Crippen LogP contribution in [-0.4, -0.2) is 10.9 Å². The summed E-state index contributed by atoms with van der Waals surface area (Å²) in [4.78, 5) is 11.8. The molecule has 0 spiro atoms. The van der Waals surface area contributed by atoms with Gasteiger partial charge in [0.1, 0.15) is 23.2 Å². The first-order chi connectivity index (χ1) is 9.02. The Bertz CT molecular complexity index is 589. The number of carbonyl (C=O) groups excluding carboxylic acids is 1. The second kappa shape index (κ2) is 5.61. The van der Waals surface area contributed by atoms with Crippen LogP contribution in [0.15, 0.2) is 42.5 Å². The molecule has 2 rings (SSSR count). The van der Waals surface area contributed by atoms with Gasteiger partial charge in [-0.15, -0.1) is 0 Å². The maximum Gasteiger partial charge on any atom is 0.141 e. The zero-order valence-electron chi connectivity index (χ0n) is 10.1. The number of carbonyl (C=O) groups is 1. The van der Waals surface area contributed by atoms with Gasteiger partial charge in [0.2, 0.25) is 0 Å².